The Morgan fingerprint density at radius 3 is 2.56 bits per heavy atom. The standard InChI is InChI=1S/C11H18N2O3/c14-10(15)8-2-4-9(5-3-8)13-7-1-6-12-11(13)16/h8-9H,1-7H2,(H,12,16)(H,14,15)/t8-,9+. The van der Waals surface area contributed by atoms with Gasteiger partial charge in [-0.3, -0.25) is 4.79 Å². The number of nitrogens with zero attached hydrogens (tertiary/aromatic N) is 1. The first-order valence-corrected chi connectivity index (χ1v) is 5.96. The summed E-state index contributed by atoms with van der Waals surface area (Å²) in [5.41, 5.74) is 0. The van der Waals surface area contributed by atoms with Gasteiger partial charge >= 0.3 is 12.0 Å². The predicted octanol–water partition coefficient (Wildman–Crippen LogP) is 1.05. The summed E-state index contributed by atoms with van der Waals surface area (Å²) in [7, 11) is 0. The summed E-state index contributed by atoms with van der Waals surface area (Å²) in [6.07, 6.45) is 4.03. The highest BCUT2D eigenvalue weighted by atomic mass is 16.4. The van der Waals surface area contributed by atoms with Gasteiger partial charge in [0.1, 0.15) is 0 Å². The molecule has 0 atom stereocenters. The van der Waals surface area contributed by atoms with Crippen molar-refractivity contribution in [1.82, 2.24) is 10.2 Å². The molecule has 0 spiro atoms. The first kappa shape index (κ1) is 11.2. The first-order valence-electron chi connectivity index (χ1n) is 5.96. The molecular weight excluding hydrogens is 208 g/mol. The van der Waals surface area contributed by atoms with Gasteiger partial charge < -0.3 is 15.3 Å². The second-order valence-corrected chi connectivity index (χ2v) is 4.62. The molecule has 2 amide bonds. The molecule has 1 heterocycles. The van der Waals surface area contributed by atoms with Gasteiger partial charge in [0.15, 0.2) is 0 Å². The monoisotopic (exact) mass is 226 g/mol. The number of nitrogens with one attached hydrogen (secondary N) is 1. The molecule has 1 saturated carbocycles. The minimum Gasteiger partial charge on any atom is -0.481 e. The number of carbonyl (C=O) groups is 2. The third kappa shape index (κ3) is 2.28. The van der Waals surface area contributed by atoms with Crippen LogP contribution in [-0.4, -0.2) is 41.1 Å². The van der Waals surface area contributed by atoms with Crippen molar-refractivity contribution in [3.63, 3.8) is 0 Å². The van der Waals surface area contributed by atoms with Crippen molar-refractivity contribution in [2.75, 3.05) is 13.1 Å². The van der Waals surface area contributed by atoms with Crippen molar-refractivity contribution in [3.05, 3.63) is 0 Å². The van der Waals surface area contributed by atoms with E-state index in [1.807, 2.05) is 4.90 Å². The van der Waals surface area contributed by atoms with Crippen LogP contribution in [0.15, 0.2) is 0 Å². The van der Waals surface area contributed by atoms with E-state index in [-0.39, 0.29) is 18.0 Å². The number of carboxylic acid groups (broad SMARTS) is 1. The Hall–Kier alpha value is -1.26. The first-order chi connectivity index (χ1) is 7.68. The van der Waals surface area contributed by atoms with Crippen LogP contribution < -0.4 is 5.32 Å². The van der Waals surface area contributed by atoms with Crippen LogP contribution in [0.5, 0.6) is 0 Å². The van der Waals surface area contributed by atoms with Crippen molar-refractivity contribution >= 4 is 12.0 Å². The van der Waals surface area contributed by atoms with Gasteiger partial charge in [0, 0.05) is 19.1 Å². The second-order valence-electron chi connectivity index (χ2n) is 4.62. The Kier molecular flexibility index (Phi) is 3.31. The number of carbonyl (C=O) groups excluding carboxylic acids is 1. The molecule has 0 aromatic rings. The van der Waals surface area contributed by atoms with Gasteiger partial charge in [-0.1, -0.05) is 0 Å². The van der Waals surface area contributed by atoms with E-state index in [1.165, 1.54) is 0 Å². The van der Waals surface area contributed by atoms with E-state index in [4.69, 9.17) is 5.11 Å². The molecule has 90 valence electrons. The van der Waals surface area contributed by atoms with E-state index in [2.05, 4.69) is 5.32 Å². The summed E-state index contributed by atoms with van der Waals surface area (Å²) in [5, 5.41) is 11.7. The van der Waals surface area contributed by atoms with Crippen molar-refractivity contribution in [2.24, 2.45) is 5.92 Å². The third-order valence-corrected chi connectivity index (χ3v) is 3.60. The van der Waals surface area contributed by atoms with Gasteiger partial charge in [-0.05, 0) is 32.1 Å². The van der Waals surface area contributed by atoms with Gasteiger partial charge in [-0.15, -0.1) is 0 Å². The summed E-state index contributed by atoms with van der Waals surface area (Å²) in [6, 6.07) is 0.265. The number of carboxylic acids is 1. The number of amides is 2. The van der Waals surface area contributed by atoms with Crippen molar-refractivity contribution in [3.8, 4) is 0 Å². The maximum absolute atomic E-state index is 11.6. The highest BCUT2D eigenvalue weighted by molar-refractivity contribution is 5.75. The zero-order valence-corrected chi connectivity index (χ0v) is 9.32. The highest BCUT2D eigenvalue weighted by Gasteiger charge is 2.32. The van der Waals surface area contributed by atoms with Crippen molar-refractivity contribution in [2.45, 2.75) is 38.1 Å². The fourth-order valence-corrected chi connectivity index (χ4v) is 2.63. The van der Waals surface area contributed by atoms with Crippen molar-refractivity contribution in [1.29, 1.82) is 0 Å². The molecule has 1 aliphatic heterocycles. The normalized spacial score (nSPS) is 31.0. The molecule has 2 N–H and O–H groups in total. The SMILES string of the molecule is O=C1NCCCN1[C@H]1CC[C@@H](C(=O)O)CC1. The maximum Gasteiger partial charge on any atom is 0.317 e. The largest absolute Gasteiger partial charge is 0.481 e. The molecule has 0 aromatic carbocycles. The fraction of sp³-hybridized carbons (Fsp3) is 0.818. The molecule has 0 radical (unpaired) electrons. The molecule has 5 heteroatoms. The fourth-order valence-electron chi connectivity index (χ4n) is 2.63. The average molecular weight is 226 g/mol. The molecule has 1 saturated heterocycles. The number of aliphatic carboxylic acids is 1. The minimum atomic E-state index is -0.693. The Morgan fingerprint density at radius 1 is 1.31 bits per heavy atom. The smallest absolute Gasteiger partial charge is 0.317 e. The number of hydrogen-bond acceptors (Lipinski definition) is 2. The van der Waals surface area contributed by atoms with Gasteiger partial charge in [-0.25, -0.2) is 4.79 Å². The van der Waals surface area contributed by atoms with E-state index in [1.54, 1.807) is 0 Å². The van der Waals surface area contributed by atoms with Gasteiger partial charge in [-0.2, -0.15) is 0 Å². The molecule has 2 aliphatic rings. The Bertz CT molecular complexity index is 285. The lowest BCUT2D eigenvalue weighted by molar-refractivity contribution is -0.143. The Labute approximate surface area is 94.8 Å². The molecule has 0 unspecified atom stereocenters. The summed E-state index contributed by atoms with van der Waals surface area (Å²) in [4.78, 5) is 24.3. The maximum atomic E-state index is 11.6. The van der Waals surface area contributed by atoms with Crippen LogP contribution in [0.25, 0.3) is 0 Å². The topological polar surface area (TPSA) is 69.6 Å². The molecule has 0 bridgehead atoms. The summed E-state index contributed by atoms with van der Waals surface area (Å²) >= 11 is 0. The lowest BCUT2D eigenvalue weighted by Gasteiger charge is -2.38. The molecule has 2 rings (SSSR count). The third-order valence-electron chi connectivity index (χ3n) is 3.60. The lowest BCUT2D eigenvalue weighted by Crippen LogP contribution is -2.52. The van der Waals surface area contributed by atoms with Crippen LogP contribution in [0.4, 0.5) is 4.79 Å². The average Bonchev–Trinajstić information content (AvgIpc) is 2.30. The summed E-state index contributed by atoms with van der Waals surface area (Å²) in [5.74, 6) is -0.898. The molecule has 16 heavy (non-hydrogen) atoms. The number of urea groups is 1. The van der Waals surface area contributed by atoms with Crippen LogP contribution in [0, 0.1) is 5.92 Å². The zero-order chi connectivity index (χ0) is 11.5. The van der Waals surface area contributed by atoms with Crippen LogP contribution in [0.3, 0.4) is 0 Å². The van der Waals surface area contributed by atoms with E-state index < -0.39 is 5.97 Å². The second kappa shape index (κ2) is 4.72. The quantitative estimate of drug-likeness (QED) is 0.739. The number of hydrogen-bond donors (Lipinski definition) is 2. The molecule has 0 aromatic heterocycles. The minimum absolute atomic E-state index is 0.0185. The van der Waals surface area contributed by atoms with Crippen LogP contribution in [0.2, 0.25) is 0 Å². The molecular formula is C11H18N2O3. The van der Waals surface area contributed by atoms with E-state index in [0.29, 0.717) is 12.8 Å². The molecule has 5 nitrogen and oxygen atoms in total. The Morgan fingerprint density at radius 2 is 2.00 bits per heavy atom. The molecule has 2 fully saturated rings. The van der Waals surface area contributed by atoms with Crippen LogP contribution in [0.1, 0.15) is 32.1 Å². The predicted molar refractivity (Wildman–Crippen MR) is 58.1 cm³/mol. The highest BCUT2D eigenvalue weighted by Crippen LogP contribution is 2.28. The van der Waals surface area contributed by atoms with E-state index in [0.717, 1.165) is 32.4 Å². The van der Waals surface area contributed by atoms with Crippen molar-refractivity contribution < 1.29 is 14.7 Å². The summed E-state index contributed by atoms with van der Waals surface area (Å²) < 4.78 is 0. The van der Waals surface area contributed by atoms with Gasteiger partial charge in [0.05, 0.1) is 5.92 Å². The van der Waals surface area contributed by atoms with E-state index >= 15 is 0 Å². The van der Waals surface area contributed by atoms with Crippen LogP contribution >= 0.6 is 0 Å². The van der Waals surface area contributed by atoms with E-state index in [9.17, 15) is 9.59 Å². The van der Waals surface area contributed by atoms with Gasteiger partial charge in [0.2, 0.25) is 0 Å². The lowest BCUT2D eigenvalue weighted by atomic mass is 9.85. The number of rotatable bonds is 2. The molecule has 1 aliphatic carbocycles. The Balaban J connectivity index is 1.88. The van der Waals surface area contributed by atoms with Gasteiger partial charge in [0.25, 0.3) is 0 Å². The van der Waals surface area contributed by atoms with Crippen LogP contribution in [-0.2, 0) is 4.79 Å². The zero-order valence-electron chi connectivity index (χ0n) is 9.32. The summed E-state index contributed by atoms with van der Waals surface area (Å²) in [6.45, 7) is 1.58.